The van der Waals surface area contributed by atoms with Crippen molar-refractivity contribution < 1.29 is 28.6 Å². The normalized spacial score (nSPS) is 18.6. The third-order valence-corrected chi connectivity index (χ3v) is 6.51. The van der Waals surface area contributed by atoms with E-state index < -0.39 is 42.1 Å². The lowest BCUT2D eigenvalue weighted by Crippen LogP contribution is -2.60. The number of rotatable bonds is 7. The number of carbonyl (C=O) groups excluding carboxylic acids is 3. The van der Waals surface area contributed by atoms with Gasteiger partial charge in [0.25, 0.3) is 0 Å². The average Bonchev–Trinajstić information content (AvgIpc) is 2.95. The summed E-state index contributed by atoms with van der Waals surface area (Å²) >= 11 is 0. The van der Waals surface area contributed by atoms with Crippen LogP contribution in [-0.4, -0.2) is 41.0 Å². The van der Waals surface area contributed by atoms with Gasteiger partial charge in [0.15, 0.2) is 0 Å². The Kier molecular flexibility index (Phi) is 9.84. The Morgan fingerprint density at radius 3 is 1.73 bits per heavy atom. The molecule has 0 aliphatic carbocycles. The van der Waals surface area contributed by atoms with E-state index in [0.717, 1.165) is 16.7 Å². The average molecular weight is 560 g/mol. The third-order valence-electron chi connectivity index (χ3n) is 6.51. The topological polar surface area (TPSA) is 106 Å². The second-order valence-corrected chi connectivity index (χ2v) is 10.9. The Labute approximate surface area is 240 Å². The molecule has 3 aromatic rings. The van der Waals surface area contributed by atoms with E-state index in [2.05, 4.69) is 10.6 Å². The SMILES string of the molecule is CC(C)(C)OC(=O)N1[C@@H](NC(=O)OCc2ccccc2)C[C@@H](NC(=O)OCc2ccccc2)C[C@H]1c1ccccc1. The molecule has 1 heterocycles. The minimum absolute atomic E-state index is 0.0709. The van der Waals surface area contributed by atoms with E-state index in [1.807, 2.05) is 91.0 Å². The van der Waals surface area contributed by atoms with Crippen LogP contribution in [0.25, 0.3) is 0 Å². The monoisotopic (exact) mass is 559 g/mol. The number of carbonyl (C=O) groups is 3. The maximum absolute atomic E-state index is 13.6. The van der Waals surface area contributed by atoms with E-state index >= 15 is 0 Å². The standard InChI is InChI=1S/C32H37N3O6/c1-32(2,3)41-31(38)35-27(25-17-11-6-12-18-25)19-26(33-29(36)39-21-23-13-7-4-8-14-23)20-28(35)34-30(37)40-22-24-15-9-5-10-16-24/h4-18,26-28H,19-22H2,1-3H3,(H,33,36)(H,34,37)/t26-,27-,28+/m0/s1. The number of alkyl carbamates (subject to hydrolysis) is 2. The predicted octanol–water partition coefficient (Wildman–Crippen LogP) is 6.31. The van der Waals surface area contributed by atoms with Gasteiger partial charge in [0.2, 0.25) is 0 Å². The van der Waals surface area contributed by atoms with Gasteiger partial charge in [-0.2, -0.15) is 0 Å². The maximum atomic E-state index is 13.6. The van der Waals surface area contributed by atoms with E-state index in [9.17, 15) is 14.4 Å². The predicted molar refractivity (Wildman–Crippen MR) is 154 cm³/mol. The van der Waals surface area contributed by atoms with Crippen LogP contribution in [-0.2, 0) is 27.4 Å². The van der Waals surface area contributed by atoms with Crippen LogP contribution in [0.5, 0.6) is 0 Å². The molecule has 1 aliphatic rings. The molecule has 0 unspecified atom stereocenters. The molecule has 0 aromatic heterocycles. The van der Waals surface area contributed by atoms with E-state index in [-0.39, 0.29) is 19.6 Å². The first-order valence-corrected chi connectivity index (χ1v) is 13.7. The number of nitrogens with one attached hydrogen (secondary N) is 2. The van der Waals surface area contributed by atoms with Crippen molar-refractivity contribution >= 4 is 18.3 Å². The van der Waals surface area contributed by atoms with Gasteiger partial charge in [0, 0.05) is 12.5 Å². The highest BCUT2D eigenvalue weighted by Gasteiger charge is 2.42. The molecule has 3 amide bonds. The van der Waals surface area contributed by atoms with Crippen molar-refractivity contribution in [2.75, 3.05) is 0 Å². The Hall–Kier alpha value is -4.53. The summed E-state index contributed by atoms with van der Waals surface area (Å²) in [4.78, 5) is 40.8. The maximum Gasteiger partial charge on any atom is 0.412 e. The minimum atomic E-state index is -0.827. The summed E-state index contributed by atoms with van der Waals surface area (Å²) in [6, 6.07) is 27.2. The number of ether oxygens (including phenoxy) is 3. The molecule has 1 saturated heterocycles. The summed E-state index contributed by atoms with van der Waals surface area (Å²) in [5, 5.41) is 5.76. The summed E-state index contributed by atoms with van der Waals surface area (Å²) in [5.41, 5.74) is 1.78. The van der Waals surface area contributed by atoms with Crippen molar-refractivity contribution in [3.63, 3.8) is 0 Å². The summed E-state index contributed by atoms with van der Waals surface area (Å²) in [6.07, 6.45) is -2.06. The number of amides is 3. The van der Waals surface area contributed by atoms with Gasteiger partial charge < -0.3 is 24.8 Å². The second kappa shape index (κ2) is 13.7. The van der Waals surface area contributed by atoms with Crippen LogP contribution in [0.1, 0.15) is 56.3 Å². The lowest BCUT2D eigenvalue weighted by molar-refractivity contribution is -0.0164. The van der Waals surface area contributed by atoms with Gasteiger partial charge in [0.1, 0.15) is 25.0 Å². The molecule has 4 rings (SSSR count). The van der Waals surface area contributed by atoms with Crippen LogP contribution in [0.15, 0.2) is 91.0 Å². The lowest BCUT2D eigenvalue weighted by atomic mass is 9.90. The number of hydrogen-bond acceptors (Lipinski definition) is 6. The van der Waals surface area contributed by atoms with Crippen molar-refractivity contribution in [1.29, 1.82) is 0 Å². The van der Waals surface area contributed by atoms with Crippen molar-refractivity contribution in [1.82, 2.24) is 15.5 Å². The summed E-state index contributed by atoms with van der Waals surface area (Å²) in [5.74, 6) is 0. The smallest absolute Gasteiger partial charge is 0.412 e. The van der Waals surface area contributed by atoms with Gasteiger partial charge in [0.05, 0.1) is 6.04 Å². The molecule has 1 fully saturated rings. The van der Waals surface area contributed by atoms with Crippen molar-refractivity contribution in [2.45, 2.75) is 70.7 Å². The highest BCUT2D eigenvalue weighted by molar-refractivity contribution is 5.73. The largest absolute Gasteiger partial charge is 0.445 e. The molecule has 0 radical (unpaired) electrons. The Bertz CT molecular complexity index is 1280. The molecule has 2 N–H and O–H groups in total. The van der Waals surface area contributed by atoms with Crippen LogP contribution in [0.2, 0.25) is 0 Å². The minimum Gasteiger partial charge on any atom is -0.445 e. The lowest BCUT2D eigenvalue weighted by Gasteiger charge is -2.45. The van der Waals surface area contributed by atoms with E-state index in [1.54, 1.807) is 20.8 Å². The van der Waals surface area contributed by atoms with Gasteiger partial charge in [-0.15, -0.1) is 0 Å². The fourth-order valence-corrected chi connectivity index (χ4v) is 4.70. The van der Waals surface area contributed by atoms with Gasteiger partial charge in [-0.05, 0) is 43.9 Å². The number of benzene rings is 3. The molecule has 0 saturated carbocycles. The Balaban J connectivity index is 1.54. The van der Waals surface area contributed by atoms with Gasteiger partial charge >= 0.3 is 18.3 Å². The van der Waals surface area contributed by atoms with Gasteiger partial charge in [-0.25, -0.2) is 14.4 Å². The number of likely N-dealkylation sites (tertiary alicyclic amines) is 1. The van der Waals surface area contributed by atoms with Crippen molar-refractivity contribution in [3.05, 3.63) is 108 Å². The number of piperidine rings is 1. The molecule has 9 heteroatoms. The highest BCUT2D eigenvalue weighted by atomic mass is 16.6. The van der Waals surface area contributed by atoms with Crippen LogP contribution >= 0.6 is 0 Å². The van der Waals surface area contributed by atoms with Crippen LogP contribution in [0.3, 0.4) is 0 Å². The first-order valence-electron chi connectivity index (χ1n) is 13.7. The van der Waals surface area contributed by atoms with Crippen molar-refractivity contribution in [3.8, 4) is 0 Å². The summed E-state index contributed by atoms with van der Waals surface area (Å²) in [7, 11) is 0. The number of nitrogens with zero attached hydrogens (tertiary/aromatic N) is 1. The van der Waals surface area contributed by atoms with E-state index in [4.69, 9.17) is 14.2 Å². The fraction of sp³-hybridized carbons (Fsp3) is 0.344. The van der Waals surface area contributed by atoms with Gasteiger partial charge in [-0.3, -0.25) is 4.90 Å². The van der Waals surface area contributed by atoms with E-state index in [0.29, 0.717) is 6.42 Å². The first-order chi connectivity index (χ1) is 19.7. The quantitative estimate of drug-likeness (QED) is 0.329. The molecule has 0 spiro atoms. The molecule has 216 valence electrons. The Morgan fingerprint density at radius 1 is 0.732 bits per heavy atom. The molecule has 9 nitrogen and oxygen atoms in total. The third kappa shape index (κ3) is 8.99. The van der Waals surface area contributed by atoms with Crippen LogP contribution in [0.4, 0.5) is 14.4 Å². The highest BCUT2D eigenvalue weighted by Crippen LogP contribution is 2.35. The van der Waals surface area contributed by atoms with Gasteiger partial charge in [-0.1, -0.05) is 91.0 Å². The Morgan fingerprint density at radius 2 is 1.22 bits per heavy atom. The molecule has 3 aromatic carbocycles. The van der Waals surface area contributed by atoms with Crippen molar-refractivity contribution in [2.24, 2.45) is 0 Å². The molecule has 1 aliphatic heterocycles. The van der Waals surface area contributed by atoms with Crippen LogP contribution in [0, 0.1) is 0 Å². The molecule has 41 heavy (non-hydrogen) atoms. The zero-order chi connectivity index (χ0) is 29.2. The fourth-order valence-electron chi connectivity index (χ4n) is 4.70. The summed E-state index contributed by atoms with van der Waals surface area (Å²) < 4.78 is 16.7. The molecular formula is C32H37N3O6. The summed E-state index contributed by atoms with van der Waals surface area (Å²) in [6.45, 7) is 5.56. The second-order valence-electron chi connectivity index (χ2n) is 10.9. The zero-order valence-electron chi connectivity index (χ0n) is 23.6. The first kappa shape index (κ1) is 29.5. The number of hydrogen-bond donors (Lipinski definition) is 2. The van der Waals surface area contributed by atoms with Crippen LogP contribution < -0.4 is 10.6 Å². The molecule has 3 atom stereocenters. The molecular weight excluding hydrogens is 522 g/mol. The molecule has 0 bridgehead atoms. The zero-order valence-corrected chi connectivity index (χ0v) is 23.6. The van der Waals surface area contributed by atoms with E-state index in [1.165, 1.54) is 4.90 Å².